The second kappa shape index (κ2) is 11.4. The summed E-state index contributed by atoms with van der Waals surface area (Å²) < 4.78 is 5.76. The van der Waals surface area contributed by atoms with Crippen LogP contribution in [-0.2, 0) is 0 Å². The SMILES string of the molecule is O=Cc1cccc(OCC/C=C/c2ccc(-c3ccccc3)c(N(C(=O)O)C3CN4CCC3CC4)c2)c1. The van der Waals surface area contributed by atoms with Crippen LogP contribution in [0.25, 0.3) is 17.2 Å². The molecule has 3 saturated heterocycles. The van der Waals surface area contributed by atoms with Crippen molar-refractivity contribution in [1.29, 1.82) is 0 Å². The monoisotopic (exact) mass is 496 g/mol. The molecule has 0 spiro atoms. The molecule has 6 nitrogen and oxygen atoms in total. The summed E-state index contributed by atoms with van der Waals surface area (Å²) >= 11 is 0. The minimum atomic E-state index is -0.900. The van der Waals surface area contributed by atoms with E-state index < -0.39 is 6.09 Å². The molecule has 1 N–H and O–H groups in total. The van der Waals surface area contributed by atoms with Gasteiger partial charge in [0.05, 0.1) is 18.3 Å². The number of nitrogens with zero attached hydrogens (tertiary/aromatic N) is 2. The molecule has 37 heavy (non-hydrogen) atoms. The smallest absolute Gasteiger partial charge is 0.412 e. The average molecular weight is 497 g/mol. The first-order chi connectivity index (χ1) is 18.1. The van der Waals surface area contributed by atoms with Crippen LogP contribution in [0.15, 0.2) is 78.9 Å². The molecule has 3 fully saturated rings. The largest absolute Gasteiger partial charge is 0.493 e. The third-order valence-electron chi connectivity index (χ3n) is 7.38. The van der Waals surface area contributed by atoms with Crippen molar-refractivity contribution in [3.63, 3.8) is 0 Å². The number of amides is 1. The number of rotatable bonds is 9. The van der Waals surface area contributed by atoms with Crippen molar-refractivity contribution in [1.82, 2.24) is 4.90 Å². The fraction of sp³-hybridized carbons (Fsp3) is 0.290. The predicted octanol–water partition coefficient (Wildman–Crippen LogP) is 6.23. The van der Waals surface area contributed by atoms with Crippen molar-refractivity contribution in [2.45, 2.75) is 25.3 Å². The van der Waals surface area contributed by atoms with Crippen molar-refractivity contribution in [3.8, 4) is 16.9 Å². The molecule has 1 unspecified atom stereocenters. The lowest BCUT2D eigenvalue weighted by molar-refractivity contribution is 0.0838. The number of carboxylic acid groups (broad SMARTS) is 1. The fourth-order valence-corrected chi connectivity index (χ4v) is 5.51. The van der Waals surface area contributed by atoms with Crippen LogP contribution in [0.4, 0.5) is 10.5 Å². The molecule has 0 radical (unpaired) electrons. The topological polar surface area (TPSA) is 70.1 Å². The second-order valence-electron chi connectivity index (χ2n) is 9.73. The van der Waals surface area contributed by atoms with Crippen molar-refractivity contribution in [2.24, 2.45) is 5.92 Å². The first-order valence-electron chi connectivity index (χ1n) is 12.9. The van der Waals surface area contributed by atoms with E-state index in [4.69, 9.17) is 4.74 Å². The number of carbonyl (C=O) groups is 2. The molecule has 0 saturated carbocycles. The Hall–Kier alpha value is -3.90. The van der Waals surface area contributed by atoms with Gasteiger partial charge in [-0.3, -0.25) is 9.69 Å². The maximum absolute atomic E-state index is 12.7. The highest BCUT2D eigenvalue weighted by Gasteiger charge is 2.40. The Morgan fingerprint density at radius 1 is 1.00 bits per heavy atom. The van der Waals surface area contributed by atoms with E-state index in [1.165, 1.54) is 0 Å². The Labute approximate surface area is 217 Å². The molecule has 6 rings (SSSR count). The maximum Gasteiger partial charge on any atom is 0.412 e. The minimum Gasteiger partial charge on any atom is -0.493 e. The van der Waals surface area contributed by atoms with E-state index in [1.54, 1.807) is 23.1 Å². The van der Waals surface area contributed by atoms with Crippen LogP contribution in [0.3, 0.4) is 0 Å². The van der Waals surface area contributed by atoms with Crippen LogP contribution in [0.1, 0.15) is 35.2 Å². The van der Waals surface area contributed by atoms with E-state index >= 15 is 0 Å². The molecule has 1 atom stereocenters. The maximum atomic E-state index is 12.7. The summed E-state index contributed by atoms with van der Waals surface area (Å²) in [7, 11) is 0. The highest BCUT2D eigenvalue weighted by atomic mass is 16.5. The number of ether oxygens (including phenoxy) is 1. The summed E-state index contributed by atoms with van der Waals surface area (Å²) in [5.41, 5.74) is 4.21. The molecule has 3 heterocycles. The highest BCUT2D eigenvalue weighted by molar-refractivity contribution is 5.94. The Morgan fingerprint density at radius 2 is 1.81 bits per heavy atom. The van der Waals surface area contributed by atoms with Crippen LogP contribution in [0, 0.1) is 5.92 Å². The minimum absolute atomic E-state index is 0.0442. The summed E-state index contributed by atoms with van der Waals surface area (Å²) in [6, 6.07) is 23.1. The van der Waals surface area contributed by atoms with Crippen molar-refractivity contribution in [2.75, 3.05) is 31.1 Å². The van der Waals surface area contributed by atoms with Crippen LogP contribution < -0.4 is 9.64 Å². The number of carbonyl (C=O) groups excluding carboxylic acids is 1. The summed E-state index contributed by atoms with van der Waals surface area (Å²) in [5.74, 6) is 1.06. The third-order valence-corrected chi connectivity index (χ3v) is 7.38. The van der Waals surface area contributed by atoms with E-state index in [0.717, 1.165) is 61.1 Å². The molecule has 1 amide bonds. The average Bonchev–Trinajstić information content (AvgIpc) is 2.94. The number of aldehydes is 1. The van der Waals surface area contributed by atoms with Gasteiger partial charge in [0.25, 0.3) is 0 Å². The molecule has 3 aromatic carbocycles. The molecule has 6 heteroatoms. The normalized spacial score (nSPS) is 20.6. The molecule has 0 aromatic heterocycles. The van der Waals surface area contributed by atoms with Gasteiger partial charge >= 0.3 is 6.09 Å². The lowest BCUT2D eigenvalue weighted by Gasteiger charge is -2.48. The molecule has 2 bridgehead atoms. The number of anilines is 1. The Kier molecular flexibility index (Phi) is 7.66. The van der Waals surface area contributed by atoms with Gasteiger partial charge in [0, 0.05) is 17.7 Å². The number of hydrogen-bond donors (Lipinski definition) is 1. The van der Waals surface area contributed by atoms with Gasteiger partial charge in [-0.25, -0.2) is 4.79 Å². The quantitative estimate of drug-likeness (QED) is 0.281. The summed E-state index contributed by atoms with van der Waals surface area (Å²) in [5, 5.41) is 10.4. The van der Waals surface area contributed by atoms with Gasteiger partial charge in [-0.15, -0.1) is 0 Å². The predicted molar refractivity (Wildman–Crippen MR) is 146 cm³/mol. The molecule has 190 valence electrons. The Balaban J connectivity index is 1.38. The van der Waals surface area contributed by atoms with Crippen LogP contribution in [-0.4, -0.2) is 54.7 Å². The standard InChI is InChI=1S/C31H32N2O4/c34-22-24-8-6-11-27(19-24)37-18-5-4-7-23-12-13-28(25-9-2-1-3-10-25)29(20-23)33(31(35)36)30-21-32-16-14-26(30)15-17-32/h1-4,6-13,19-20,22,26,30H,5,14-18,21H2,(H,35,36)/b7-4+. The number of fused-ring (bicyclic) bond motifs is 3. The molecule has 3 aliphatic rings. The Bertz CT molecular complexity index is 1270. The van der Waals surface area contributed by atoms with Gasteiger partial charge in [0.15, 0.2) is 0 Å². The van der Waals surface area contributed by atoms with Gasteiger partial charge in [-0.05, 0) is 67.6 Å². The van der Waals surface area contributed by atoms with Gasteiger partial charge < -0.3 is 14.7 Å². The number of piperidine rings is 3. The van der Waals surface area contributed by atoms with Crippen LogP contribution in [0.2, 0.25) is 0 Å². The molecular formula is C31H32N2O4. The van der Waals surface area contributed by atoms with Crippen LogP contribution in [0.5, 0.6) is 5.75 Å². The summed E-state index contributed by atoms with van der Waals surface area (Å²) in [6.07, 6.45) is 6.73. The zero-order chi connectivity index (χ0) is 25.6. The molecule has 3 aromatic rings. The zero-order valence-corrected chi connectivity index (χ0v) is 20.8. The van der Waals surface area contributed by atoms with Gasteiger partial charge in [0.2, 0.25) is 0 Å². The lowest BCUT2D eigenvalue weighted by Crippen LogP contribution is -2.59. The molecule has 3 aliphatic heterocycles. The fourth-order valence-electron chi connectivity index (χ4n) is 5.51. The van der Waals surface area contributed by atoms with Gasteiger partial charge in [-0.2, -0.15) is 0 Å². The van der Waals surface area contributed by atoms with Crippen molar-refractivity contribution in [3.05, 3.63) is 90.0 Å². The molecular weight excluding hydrogens is 464 g/mol. The number of hydrogen-bond acceptors (Lipinski definition) is 4. The van der Waals surface area contributed by atoms with E-state index in [9.17, 15) is 14.7 Å². The van der Waals surface area contributed by atoms with Crippen molar-refractivity contribution >= 4 is 24.1 Å². The first-order valence-corrected chi connectivity index (χ1v) is 12.9. The van der Waals surface area contributed by atoms with Crippen LogP contribution >= 0.6 is 0 Å². The van der Waals surface area contributed by atoms with E-state index in [1.807, 2.05) is 66.7 Å². The van der Waals surface area contributed by atoms with Gasteiger partial charge in [-0.1, -0.05) is 66.7 Å². The number of benzene rings is 3. The first kappa shape index (κ1) is 24.8. The zero-order valence-electron chi connectivity index (χ0n) is 20.8. The van der Waals surface area contributed by atoms with E-state index in [2.05, 4.69) is 4.90 Å². The Morgan fingerprint density at radius 3 is 2.51 bits per heavy atom. The summed E-state index contributed by atoms with van der Waals surface area (Å²) in [6.45, 7) is 3.39. The molecule has 0 aliphatic carbocycles. The summed E-state index contributed by atoms with van der Waals surface area (Å²) in [4.78, 5) is 27.7. The van der Waals surface area contributed by atoms with E-state index in [0.29, 0.717) is 30.3 Å². The third kappa shape index (κ3) is 5.75. The highest BCUT2D eigenvalue weighted by Crippen LogP contribution is 2.38. The van der Waals surface area contributed by atoms with Crippen molar-refractivity contribution < 1.29 is 19.4 Å². The van der Waals surface area contributed by atoms with Gasteiger partial charge in [0.1, 0.15) is 12.0 Å². The second-order valence-corrected chi connectivity index (χ2v) is 9.73. The lowest BCUT2D eigenvalue weighted by atomic mass is 9.82. The van der Waals surface area contributed by atoms with E-state index in [-0.39, 0.29) is 6.04 Å².